The summed E-state index contributed by atoms with van der Waals surface area (Å²) in [5, 5.41) is 2.54. The Hall–Kier alpha value is -3.46. The molecule has 1 unspecified atom stereocenters. The van der Waals surface area contributed by atoms with Gasteiger partial charge in [0.15, 0.2) is 5.78 Å². The number of ether oxygens (including phenoxy) is 2. The molecular formula is C22H23FN2O6. The Balaban J connectivity index is 1.44. The Bertz CT molecular complexity index is 957. The number of carbonyl (C=O) groups is 3. The van der Waals surface area contributed by atoms with E-state index < -0.39 is 17.8 Å². The van der Waals surface area contributed by atoms with Crippen LogP contribution >= 0.6 is 0 Å². The van der Waals surface area contributed by atoms with Crippen LogP contribution in [0.2, 0.25) is 0 Å². The van der Waals surface area contributed by atoms with E-state index in [9.17, 15) is 18.8 Å². The molecule has 1 N–H and O–H groups in total. The first-order valence-electron chi connectivity index (χ1n) is 9.74. The maximum atomic E-state index is 13.9. The van der Waals surface area contributed by atoms with Crippen LogP contribution in [0.25, 0.3) is 6.08 Å². The monoisotopic (exact) mass is 430 g/mol. The highest BCUT2D eigenvalue weighted by atomic mass is 19.1. The zero-order valence-corrected chi connectivity index (χ0v) is 17.0. The van der Waals surface area contributed by atoms with Crippen LogP contribution in [0.3, 0.4) is 0 Å². The van der Waals surface area contributed by atoms with E-state index in [1.54, 1.807) is 17.0 Å². The first kappa shape index (κ1) is 22.2. The number of nitrogens with zero attached hydrogens (tertiary/aromatic N) is 1. The summed E-state index contributed by atoms with van der Waals surface area (Å²) in [5.74, 6) is -0.863. The van der Waals surface area contributed by atoms with Crippen molar-refractivity contribution >= 4 is 23.7 Å². The Morgan fingerprint density at radius 3 is 2.87 bits per heavy atom. The predicted octanol–water partition coefficient (Wildman–Crippen LogP) is 2.06. The molecular weight excluding hydrogens is 407 g/mol. The molecule has 8 nitrogen and oxygen atoms in total. The van der Waals surface area contributed by atoms with Crippen molar-refractivity contribution in [2.75, 3.05) is 32.8 Å². The molecule has 9 heteroatoms. The molecule has 1 aromatic carbocycles. The third-order valence-corrected chi connectivity index (χ3v) is 4.60. The number of amides is 2. The topological polar surface area (TPSA) is 98.1 Å². The van der Waals surface area contributed by atoms with Gasteiger partial charge in [0.2, 0.25) is 11.8 Å². The second kappa shape index (κ2) is 10.5. The summed E-state index contributed by atoms with van der Waals surface area (Å²) in [6, 6.07) is 7.44. The molecule has 1 fully saturated rings. The van der Waals surface area contributed by atoms with E-state index in [-0.39, 0.29) is 42.7 Å². The number of nitrogens with one attached hydrogen (secondary N) is 1. The molecule has 0 saturated carbocycles. The van der Waals surface area contributed by atoms with Crippen molar-refractivity contribution in [2.24, 2.45) is 0 Å². The van der Waals surface area contributed by atoms with Crippen molar-refractivity contribution in [2.45, 2.75) is 13.0 Å². The van der Waals surface area contributed by atoms with Crippen LogP contribution in [0.4, 0.5) is 4.39 Å². The fourth-order valence-corrected chi connectivity index (χ4v) is 2.98. The van der Waals surface area contributed by atoms with Gasteiger partial charge in [-0.25, -0.2) is 4.39 Å². The van der Waals surface area contributed by atoms with Crippen molar-refractivity contribution in [3.8, 4) is 5.75 Å². The van der Waals surface area contributed by atoms with Gasteiger partial charge >= 0.3 is 0 Å². The van der Waals surface area contributed by atoms with Gasteiger partial charge in [0.1, 0.15) is 30.0 Å². The molecule has 0 bridgehead atoms. The molecule has 2 heterocycles. The van der Waals surface area contributed by atoms with Crippen LogP contribution in [-0.2, 0) is 14.3 Å². The molecule has 0 spiro atoms. The summed E-state index contributed by atoms with van der Waals surface area (Å²) in [6.45, 7) is 2.26. The standard InChI is InChI=1S/C22H23FN2O6/c1-15(26)19-6-4-17(11-20(19)23)31-14-18-13-25(8-10-30-18)22(28)12-24-21(27)7-5-16-3-2-9-29-16/h2-7,9,11,18H,8,10,12-14H2,1H3,(H,24,27)/b7-5-. The fraction of sp³-hybridized carbons (Fsp3) is 0.318. The van der Waals surface area contributed by atoms with Gasteiger partial charge in [-0.3, -0.25) is 14.4 Å². The summed E-state index contributed by atoms with van der Waals surface area (Å²) in [7, 11) is 0. The van der Waals surface area contributed by atoms with Crippen molar-refractivity contribution in [3.05, 3.63) is 59.8 Å². The lowest BCUT2D eigenvalue weighted by molar-refractivity contribution is -0.140. The third-order valence-electron chi connectivity index (χ3n) is 4.60. The highest BCUT2D eigenvalue weighted by Crippen LogP contribution is 2.18. The lowest BCUT2D eigenvalue weighted by Crippen LogP contribution is -2.50. The quantitative estimate of drug-likeness (QED) is 0.509. The number of hydrogen-bond acceptors (Lipinski definition) is 6. The SMILES string of the molecule is CC(=O)c1ccc(OCC2CN(C(=O)CNC(=O)/C=C\c3ccco3)CCO2)cc1F. The number of benzene rings is 1. The van der Waals surface area contributed by atoms with Crippen molar-refractivity contribution in [1.82, 2.24) is 10.2 Å². The zero-order chi connectivity index (χ0) is 22.2. The van der Waals surface area contributed by atoms with Gasteiger partial charge in [0, 0.05) is 18.7 Å². The molecule has 1 aromatic heterocycles. The molecule has 1 atom stereocenters. The number of Topliss-reactive ketones (excluding diaryl/α,β-unsaturated/α-hetero) is 1. The third kappa shape index (κ3) is 6.51. The Morgan fingerprint density at radius 2 is 2.16 bits per heavy atom. The summed E-state index contributed by atoms with van der Waals surface area (Å²) < 4.78 is 30.1. The smallest absolute Gasteiger partial charge is 0.244 e. The van der Waals surface area contributed by atoms with Gasteiger partial charge in [-0.05, 0) is 37.3 Å². The van der Waals surface area contributed by atoms with E-state index in [0.29, 0.717) is 18.9 Å². The molecule has 31 heavy (non-hydrogen) atoms. The largest absolute Gasteiger partial charge is 0.491 e. The predicted molar refractivity (Wildman–Crippen MR) is 109 cm³/mol. The number of ketones is 1. The van der Waals surface area contributed by atoms with Gasteiger partial charge in [-0.2, -0.15) is 0 Å². The molecule has 1 aliphatic heterocycles. The van der Waals surface area contributed by atoms with Crippen LogP contribution in [0.15, 0.2) is 47.1 Å². The Labute approximate surface area is 178 Å². The lowest BCUT2D eigenvalue weighted by atomic mass is 10.1. The number of carbonyl (C=O) groups excluding carboxylic acids is 3. The van der Waals surface area contributed by atoms with E-state index in [0.717, 1.165) is 6.07 Å². The molecule has 2 aromatic rings. The first-order chi connectivity index (χ1) is 14.9. The fourth-order valence-electron chi connectivity index (χ4n) is 2.98. The van der Waals surface area contributed by atoms with E-state index in [1.807, 2.05) is 0 Å². The van der Waals surface area contributed by atoms with Crippen molar-refractivity contribution in [1.29, 1.82) is 0 Å². The van der Waals surface area contributed by atoms with E-state index in [1.165, 1.54) is 37.5 Å². The van der Waals surface area contributed by atoms with Crippen LogP contribution in [-0.4, -0.2) is 61.4 Å². The van der Waals surface area contributed by atoms with Crippen LogP contribution in [0, 0.1) is 5.82 Å². The molecule has 2 amide bonds. The van der Waals surface area contributed by atoms with E-state index >= 15 is 0 Å². The molecule has 3 rings (SSSR count). The average molecular weight is 430 g/mol. The summed E-state index contributed by atoms with van der Waals surface area (Å²) in [5.41, 5.74) is -0.000842. The number of morpholine rings is 1. The van der Waals surface area contributed by atoms with Crippen LogP contribution in [0.5, 0.6) is 5.75 Å². The van der Waals surface area contributed by atoms with Gasteiger partial charge in [-0.1, -0.05) is 0 Å². The van der Waals surface area contributed by atoms with Gasteiger partial charge in [0.05, 0.1) is 31.5 Å². The summed E-state index contributed by atoms with van der Waals surface area (Å²) in [6.07, 6.45) is 3.90. The minimum atomic E-state index is -0.650. The van der Waals surface area contributed by atoms with Crippen LogP contribution in [0.1, 0.15) is 23.0 Å². The summed E-state index contributed by atoms with van der Waals surface area (Å²) >= 11 is 0. The summed E-state index contributed by atoms with van der Waals surface area (Å²) in [4.78, 5) is 37.1. The molecule has 1 aliphatic rings. The minimum absolute atomic E-state index is 0.000842. The second-order valence-corrected chi connectivity index (χ2v) is 6.91. The number of rotatable bonds is 8. The number of halogens is 1. The van der Waals surface area contributed by atoms with Crippen molar-refractivity contribution < 1.29 is 32.7 Å². The second-order valence-electron chi connectivity index (χ2n) is 6.91. The maximum Gasteiger partial charge on any atom is 0.244 e. The normalized spacial score (nSPS) is 16.3. The molecule has 1 saturated heterocycles. The average Bonchev–Trinajstić information content (AvgIpc) is 3.28. The number of hydrogen-bond donors (Lipinski definition) is 1. The van der Waals surface area contributed by atoms with Crippen LogP contribution < -0.4 is 10.1 Å². The molecule has 0 aliphatic carbocycles. The Kier molecular flexibility index (Phi) is 7.55. The molecule has 164 valence electrons. The van der Waals surface area contributed by atoms with E-state index in [4.69, 9.17) is 13.9 Å². The Morgan fingerprint density at radius 1 is 1.32 bits per heavy atom. The molecule has 0 radical (unpaired) electrons. The highest BCUT2D eigenvalue weighted by molar-refractivity contribution is 5.94. The highest BCUT2D eigenvalue weighted by Gasteiger charge is 2.25. The van der Waals surface area contributed by atoms with E-state index in [2.05, 4.69) is 5.32 Å². The van der Waals surface area contributed by atoms with Gasteiger partial charge in [-0.15, -0.1) is 0 Å². The maximum absolute atomic E-state index is 13.9. The zero-order valence-electron chi connectivity index (χ0n) is 17.0. The lowest BCUT2D eigenvalue weighted by Gasteiger charge is -2.32. The van der Waals surface area contributed by atoms with Gasteiger partial charge < -0.3 is 24.1 Å². The minimum Gasteiger partial charge on any atom is -0.491 e. The van der Waals surface area contributed by atoms with Gasteiger partial charge in [0.25, 0.3) is 0 Å². The number of furan rings is 1. The van der Waals surface area contributed by atoms with Crippen molar-refractivity contribution in [3.63, 3.8) is 0 Å². The first-order valence-corrected chi connectivity index (χ1v) is 9.74.